The summed E-state index contributed by atoms with van der Waals surface area (Å²) in [7, 11) is 1.60. The van der Waals surface area contributed by atoms with E-state index in [1.165, 1.54) is 17.0 Å². The molecule has 0 saturated carbocycles. The number of hydrogen-bond acceptors (Lipinski definition) is 2. The molecule has 1 atom stereocenters. The first-order chi connectivity index (χ1) is 12.0. The number of H-pyrrole nitrogens is 1. The Kier molecular flexibility index (Phi) is 4.65. The van der Waals surface area contributed by atoms with E-state index in [0.717, 1.165) is 16.5 Å². The lowest BCUT2D eigenvalue weighted by molar-refractivity contribution is -0.127. The molecule has 1 unspecified atom stereocenters. The highest BCUT2D eigenvalue weighted by molar-refractivity contribution is 6.44. The van der Waals surface area contributed by atoms with Gasteiger partial charge in [0.1, 0.15) is 5.82 Å². The maximum atomic E-state index is 13.1. The summed E-state index contributed by atoms with van der Waals surface area (Å²) in [4.78, 5) is 29.8. The van der Waals surface area contributed by atoms with Gasteiger partial charge in [-0.2, -0.15) is 0 Å². The fourth-order valence-electron chi connectivity index (χ4n) is 3.09. The van der Waals surface area contributed by atoms with Crippen LogP contribution in [0.2, 0.25) is 0 Å². The van der Waals surface area contributed by atoms with E-state index in [-0.39, 0.29) is 11.9 Å². The van der Waals surface area contributed by atoms with Crippen LogP contribution in [0.1, 0.15) is 35.3 Å². The summed E-state index contributed by atoms with van der Waals surface area (Å²) in [5, 5.41) is 0.726. The molecule has 4 nitrogen and oxygen atoms in total. The van der Waals surface area contributed by atoms with E-state index in [4.69, 9.17) is 0 Å². The van der Waals surface area contributed by atoms with E-state index >= 15 is 0 Å². The molecule has 1 N–H and O–H groups in total. The lowest BCUT2D eigenvalue weighted by Crippen LogP contribution is -2.36. The van der Waals surface area contributed by atoms with E-state index in [9.17, 15) is 14.0 Å². The molecule has 0 aliphatic heterocycles. The van der Waals surface area contributed by atoms with Crippen LogP contribution in [-0.4, -0.2) is 28.6 Å². The monoisotopic (exact) mass is 338 g/mol. The summed E-state index contributed by atoms with van der Waals surface area (Å²) in [6.07, 6.45) is 2.19. The number of carbonyl (C=O) groups is 2. The van der Waals surface area contributed by atoms with Crippen molar-refractivity contribution in [2.75, 3.05) is 7.05 Å². The number of rotatable bonds is 5. The molecule has 1 heterocycles. The molecule has 0 spiro atoms. The first-order valence-electron chi connectivity index (χ1n) is 8.16. The largest absolute Gasteiger partial charge is 0.360 e. The molecular weight excluding hydrogens is 319 g/mol. The summed E-state index contributed by atoms with van der Waals surface area (Å²) in [5.41, 5.74) is 1.97. The van der Waals surface area contributed by atoms with Crippen molar-refractivity contribution in [2.45, 2.75) is 19.4 Å². The van der Waals surface area contributed by atoms with Gasteiger partial charge in [0.2, 0.25) is 0 Å². The van der Waals surface area contributed by atoms with E-state index in [1.807, 2.05) is 31.2 Å². The smallest absolute Gasteiger partial charge is 0.295 e. The number of ketones is 1. The maximum Gasteiger partial charge on any atom is 0.295 e. The van der Waals surface area contributed by atoms with E-state index in [2.05, 4.69) is 4.98 Å². The Balaban J connectivity index is 1.87. The molecular formula is C20H19FN2O2. The number of carbonyl (C=O) groups excluding carboxylic acids is 2. The maximum absolute atomic E-state index is 13.1. The second-order valence-electron chi connectivity index (χ2n) is 5.97. The van der Waals surface area contributed by atoms with Crippen LogP contribution >= 0.6 is 0 Å². The van der Waals surface area contributed by atoms with Crippen LogP contribution in [0.25, 0.3) is 10.9 Å². The van der Waals surface area contributed by atoms with Crippen LogP contribution in [0.15, 0.2) is 54.7 Å². The number of hydrogen-bond donors (Lipinski definition) is 1. The Morgan fingerprint density at radius 3 is 2.48 bits per heavy atom. The van der Waals surface area contributed by atoms with Gasteiger partial charge in [-0.15, -0.1) is 0 Å². The molecule has 0 saturated heterocycles. The minimum atomic E-state index is -0.582. The summed E-state index contributed by atoms with van der Waals surface area (Å²) >= 11 is 0. The lowest BCUT2D eigenvalue weighted by Gasteiger charge is -2.27. The number of Topliss-reactive ketones (excluding diaryl/α,β-unsaturated/α-hetero) is 1. The normalized spacial score (nSPS) is 12.1. The standard InChI is InChI=1S/C20H19FN2O2/c1-3-18(13-8-10-14(21)11-9-13)23(2)20(25)19(24)16-12-22-17-7-5-4-6-15(16)17/h4-12,18,22H,3H2,1-2H3. The number of aromatic nitrogens is 1. The van der Waals surface area contributed by atoms with Crippen molar-refractivity contribution in [3.63, 3.8) is 0 Å². The molecule has 0 fully saturated rings. The summed E-state index contributed by atoms with van der Waals surface area (Å²) in [6, 6.07) is 13.1. The van der Waals surface area contributed by atoms with Crippen molar-refractivity contribution < 1.29 is 14.0 Å². The van der Waals surface area contributed by atoms with Gasteiger partial charge in [-0.3, -0.25) is 9.59 Å². The van der Waals surface area contributed by atoms with E-state index < -0.39 is 11.7 Å². The van der Waals surface area contributed by atoms with Crippen LogP contribution in [0.4, 0.5) is 4.39 Å². The molecule has 0 aliphatic carbocycles. The Hall–Kier alpha value is -2.95. The van der Waals surface area contributed by atoms with Crippen molar-refractivity contribution >= 4 is 22.6 Å². The lowest BCUT2D eigenvalue weighted by atomic mass is 10.0. The first-order valence-corrected chi connectivity index (χ1v) is 8.16. The third-order valence-electron chi connectivity index (χ3n) is 4.46. The number of halogens is 1. The predicted octanol–water partition coefficient (Wildman–Crippen LogP) is 4.10. The molecule has 3 aromatic rings. The predicted molar refractivity (Wildman–Crippen MR) is 94.8 cm³/mol. The molecule has 2 aromatic carbocycles. The fourth-order valence-corrected chi connectivity index (χ4v) is 3.09. The van der Waals surface area contributed by atoms with Crippen LogP contribution < -0.4 is 0 Å². The van der Waals surface area contributed by atoms with Crippen molar-refractivity contribution in [1.82, 2.24) is 9.88 Å². The molecule has 0 aliphatic rings. The van der Waals surface area contributed by atoms with Crippen LogP contribution in [0.5, 0.6) is 0 Å². The Labute approximate surface area is 145 Å². The highest BCUT2D eigenvalue weighted by Gasteiger charge is 2.28. The van der Waals surface area contributed by atoms with Gasteiger partial charge in [0, 0.05) is 24.1 Å². The number of nitrogens with one attached hydrogen (secondary N) is 1. The highest BCUT2D eigenvalue weighted by Crippen LogP contribution is 2.25. The molecule has 0 bridgehead atoms. The van der Waals surface area contributed by atoms with Crippen molar-refractivity contribution in [1.29, 1.82) is 0 Å². The quantitative estimate of drug-likeness (QED) is 0.562. The summed E-state index contributed by atoms with van der Waals surface area (Å²) < 4.78 is 13.1. The molecule has 5 heteroatoms. The average Bonchev–Trinajstić information content (AvgIpc) is 3.06. The second-order valence-corrected chi connectivity index (χ2v) is 5.97. The summed E-state index contributed by atoms with van der Waals surface area (Å²) in [5.74, 6) is -1.47. The second kappa shape index (κ2) is 6.89. The number of nitrogens with zero attached hydrogens (tertiary/aromatic N) is 1. The Morgan fingerprint density at radius 2 is 1.80 bits per heavy atom. The number of fused-ring (bicyclic) bond motifs is 1. The molecule has 1 aromatic heterocycles. The van der Waals surface area contributed by atoms with Gasteiger partial charge in [-0.25, -0.2) is 4.39 Å². The molecule has 128 valence electrons. The van der Waals surface area contributed by atoms with Gasteiger partial charge in [0.25, 0.3) is 11.7 Å². The van der Waals surface area contributed by atoms with Crippen molar-refractivity contribution in [2.24, 2.45) is 0 Å². The third-order valence-corrected chi connectivity index (χ3v) is 4.46. The zero-order valence-corrected chi connectivity index (χ0v) is 14.1. The van der Waals surface area contributed by atoms with Crippen LogP contribution in [0, 0.1) is 5.82 Å². The van der Waals surface area contributed by atoms with Gasteiger partial charge >= 0.3 is 0 Å². The molecule has 0 radical (unpaired) electrons. The minimum absolute atomic E-state index is 0.290. The molecule has 3 rings (SSSR count). The summed E-state index contributed by atoms with van der Waals surface area (Å²) in [6.45, 7) is 1.92. The van der Waals surface area contributed by atoms with Gasteiger partial charge in [0.15, 0.2) is 0 Å². The van der Waals surface area contributed by atoms with Crippen molar-refractivity contribution in [3.8, 4) is 0 Å². The molecule has 25 heavy (non-hydrogen) atoms. The van der Waals surface area contributed by atoms with Gasteiger partial charge < -0.3 is 9.88 Å². The third kappa shape index (κ3) is 3.18. The number of amides is 1. The Morgan fingerprint density at radius 1 is 1.12 bits per heavy atom. The fraction of sp³-hybridized carbons (Fsp3) is 0.200. The zero-order valence-electron chi connectivity index (χ0n) is 14.1. The number of benzene rings is 2. The average molecular weight is 338 g/mol. The van der Waals surface area contributed by atoms with Gasteiger partial charge in [0.05, 0.1) is 11.6 Å². The van der Waals surface area contributed by atoms with E-state index in [0.29, 0.717) is 12.0 Å². The topological polar surface area (TPSA) is 53.2 Å². The van der Waals surface area contributed by atoms with Crippen LogP contribution in [0.3, 0.4) is 0 Å². The number of para-hydroxylation sites is 1. The SMILES string of the molecule is CCC(c1ccc(F)cc1)N(C)C(=O)C(=O)c1c[nH]c2ccccc12. The van der Waals surface area contributed by atoms with Crippen molar-refractivity contribution in [3.05, 3.63) is 71.7 Å². The highest BCUT2D eigenvalue weighted by atomic mass is 19.1. The number of likely N-dealkylation sites (N-methyl/N-ethyl adjacent to an activating group) is 1. The van der Waals surface area contributed by atoms with E-state index in [1.54, 1.807) is 25.4 Å². The first kappa shape index (κ1) is 16.9. The molecule has 1 amide bonds. The van der Waals surface area contributed by atoms with Gasteiger partial charge in [-0.1, -0.05) is 37.3 Å². The Bertz CT molecular complexity index is 915. The zero-order chi connectivity index (χ0) is 18.0. The number of aromatic amines is 1. The minimum Gasteiger partial charge on any atom is -0.360 e. The van der Waals surface area contributed by atoms with Crippen LogP contribution in [-0.2, 0) is 4.79 Å². The van der Waals surface area contributed by atoms with Gasteiger partial charge in [-0.05, 0) is 30.2 Å².